The zero-order valence-corrected chi connectivity index (χ0v) is 11.4. The first-order valence-electron chi connectivity index (χ1n) is 6.21. The van der Waals surface area contributed by atoms with Gasteiger partial charge in [0.15, 0.2) is 0 Å². The maximum absolute atomic E-state index is 5.36. The Bertz CT molecular complexity index is 328. The van der Waals surface area contributed by atoms with Gasteiger partial charge in [0, 0.05) is 24.7 Å². The highest BCUT2D eigenvalue weighted by Crippen LogP contribution is 2.18. The molecule has 3 nitrogen and oxygen atoms in total. The van der Waals surface area contributed by atoms with Crippen molar-refractivity contribution in [3.8, 4) is 5.75 Å². The van der Waals surface area contributed by atoms with Crippen molar-refractivity contribution in [3.05, 3.63) is 29.8 Å². The number of hydrogen-bond acceptors (Lipinski definition) is 3. The molecular formula is C14H24N2O. The molecule has 0 aliphatic heterocycles. The van der Waals surface area contributed by atoms with Crippen LogP contribution in [0.5, 0.6) is 5.75 Å². The predicted octanol–water partition coefficient (Wildman–Crippen LogP) is 2.12. The van der Waals surface area contributed by atoms with E-state index in [1.165, 1.54) is 5.56 Å². The molecule has 0 bridgehead atoms. The summed E-state index contributed by atoms with van der Waals surface area (Å²) in [7, 11) is 3.86. The van der Waals surface area contributed by atoms with E-state index in [-0.39, 0.29) is 0 Å². The number of para-hydroxylation sites is 1. The Morgan fingerprint density at radius 3 is 2.71 bits per heavy atom. The number of ether oxygens (including phenoxy) is 1. The van der Waals surface area contributed by atoms with Crippen LogP contribution < -0.4 is 10.1 Å². The second-order valence-corrected chi connectivity index (χ2v) is 4.47. The SMILES string of the molecule is CCNC(C)CN(C)Cc1ccccc1OC. The van der Waals surface area contributed by atoms with Gasteiger partial charge in [0.1, 0.15) is 5.75 Å². The van der Waals surface area contributed by atoms with E-state index in [1.807, 2.05) is 12.1 Å². The minimum Gasteiger partial charge on any atom is -0.496 e. The van der Waals surface area contributed by atoms with Crippen molar-refractivity contribution in [1.82, 2.24) is 10.2 Å². The molecule has 0 amide bonds. The number of rotatable bonds is 7. The Morgan fingerprint density at radius 2 is 2.06 bits per heavy atom. The number of nitrogens with zero attached hydrogens (tertiary/aromatic N) is 1. The summed E-state index contributed by atoms with van der Waals surface area (Å²) in [6, 6.07) is 8.70. The highest BCUT2D eigenvalue weighted by atomic mass is 16.5. The lowest BCUT2D eigenvalue weighted by atomic mass is 10.2. The predicted molar refractivity (Wildman–Crippen MR) is 72.5 cm³/mol. The molecule has 1 unspecified atom stereocenters. The molecule has 1 rings (SSSR count). The van der Waals surface area contributed by atoms with E-state index in [1.54, 1.807) is 7.11 Å². The third-order valence-electron chi connectivity index (χ3n) is 2.77. The summed E-state index contributed by atoms with van der Waals surface area (Å²) in [5, 5.41) is 3.42. The zero-order chi connectivity index (χ0) is 12.7. The van der Waals surface area contributed by atoms with Crippen LogP contribution in [0.25, 0.3) is 0 Å². The Kier molecular flexibility index (Phi) is 6.01. The van der Waals surface area contributed by atoms with Crippen molar-refractivity contribution < 1.29 is 4.74 Å². The molecule has 0 heterocycles. The molecule has 1 atom stereocenters. The lowest BCUT2D eigenvalue weighted by molar-refractivity contribution is 0.286. The summed E-state index contributed by atoms with van der Waals surface area (Å²) < 4.78 is 5.36. The first-order valence-corrected chi connectivity index (χ1v) is 6.21. The summed E-state index contributed by atoms with van der Waals surface area (Å²) in [5.74, 6) is 0.968. The lowest BCUT2D eigenvalue weighted by Gasteiger charge is -2.22. The minimum atomic E-state index is 0.514. The third kappa shape index (κ3) is 4.75. The average molecular weight is 236 g/mol. The van der Waals surface area contributed by atoms with Crippen molar-refractivity contribution in [3.63, 3.8) is 0 Å². The van der Waals surface area contributed by atoms with Crippen LogP contribution in [0.3, 0.4) is 0 Å². The quantitative estimate of drug-likeness (QED) is 0.785. The van der Waals surface area contributed by atoms with Crippen LogP contribution in [0.15, 0.2) is 24.3 Å². The van der Waals surface area contributed by atoms with E-state index in [0.717, 1.165) is 25.4 Å². The van der Waals surface area contributed by atoms with Crippen molar-refractivity contribution in [2.24, 2.45) is 0 Å². The Labute approximate surface area is 105 Å². The van der Waals surface area contributed by atoms with Crippen molar-refractivity contribution >= 4 is 0 Å². The van der Waals surface area contributed by atoms with Gasteiger partial charge >= 0.3 is 0 Å². The van der Waals surface area contributed by atoms with Crippen LogP contribution in [0.4, 0.5) is 0 Å². The van der Waals surface area contributed by atoms with Gasteiger partial charge in [-0.1, -0.05) is 25.1 Å². The first kappa shape index (κ1) is 14.0. The third-order valence-corrected chi connectivity index (χ3v) is 2.77. The van der Waals surface area contributed by atoms with Gasteiger partial charge in [-0.3, -0.25) is 0 Å². The summed E-state index contributed by atoms with van der Waals surface area (Å²) in [6.45, 7) is 7.31. The normalized spacial score (nSPS) is 12.8. The molecule has 0 aliphatic rings. The number of hydrogen-bond donors (Lipinski definition) is 1. The monoisotopic (exact) mass is 236 g/mol. The fraction of sp³-hybridized carbons (Fsp3) is 0.571. The molecule has 1 N–H and O–H groups in total. The molecule has 0 saturated heterocycles. The van der Waals surface area contributed by atoms with Gasteiger partial charge < -0.3 is 15.0 Å². The first-order chi connectivity index (χ1) is 8.17. The molecule has 0 fully saturated rings. The minimum absolute atomic E-state index is 0.514. The molecule has 0 spiro atoms. The smallest absolute Gasteiger partial charge is 0.123 e. The number of benzene rings is 1. The second-order valence-electron chi connectivity index (χ2n) is 4.47. The molecule has 0 saturated carbocycles. The molecule has 1 aromatic carbocycles. The zero-order valence-electron chi connectivity index (χ0n) is 11.4. The van der Waals surface area contributed by atoms with Crippen LogP contribution in [0, 0.1) is 0 Å². The molecule has 0 radical (unpaired) electrons. The van der Waals surface area contributed by atoms with Crippen LogP contribution >= 0.6 is 0 Å². The fourth-order valence-electron chi connectivity index (χ4n) is 2.07. The molecule has 0 aromatic heterocycles. The average Bonchev–Trinajstić information content (AvgIpc) is 2.29. The molecule has 3 heteroatoms. The highest BCUT2D eigenvalue weighted by Gasteiger charge is 2.08. The fourth-order valence-corrected chi connectivity index (χ4v) is 2.07. The van der Waals surface area contributed by atoms with E-state index >= 15 is 0 Å². The second kappa shape index (κ2) is 7.30. The molecule has 1 aromatic rings. The van der Waals surface area contributed by atoms with Crippen molar-refractivity contribution in [2.45, 2.75) is 26.4 Å². The summed E-state index contributed by atoms with van der Waals surface area (Å²) in [4.78, 5) is 2.31. The van der Waals surface area contributed by atoms with Gasteiger partial charge in [-0.2, -0.15) is 0 Å². The van der Waals surface area contributed by atoms with E-state index in [4.69, 9.17) is 4.74 Å². The Hall–Kier alpha value is -1.06. The summed E-state index contributed by atoms with van der Waals surface area (Å²) in [6.07, 6.45) is 0. The molecular weight excluding hydrogens is 212 g/mol. The lowest BCUT2D eigenvalue weighted by Crippen LogP contribution is -2.36. The van der Waals surface area contributed by atoms with Crippen molar-refractivity contribution in [1.29, 1.82) is 0 Å². The van der Waals surface area contributed by atoms with E-state index in [2.05, 4.69) is 43.2 Å². The maximum atomic E-state index is 5.36. The maximum Gasteiger partial charge on any atom is 0.123 e. The Balaban J connectivity index is 2.52. The number of nitrogens with one attached hydrogen (secondary N) is 1. The molecule has 17 heavy (non-hydrogen) atoms. The van der Waals surface area contributed by atoms with Gasteiger partial charge in [0.2, 0.25) is 0 Å². The van der Waals surface area contributed by atoms with Gasteiger partial charge in [-0.05, 0) is 26.6 Å². The van der Waals surface area contributed by atoms with Crippen LogP contribution in [-0.4, -0.2) is 38.2 Å². The van der Waals surface area contributed by atoms with Gasteiger partial charge in [0.25, 0.3) is 0 Å². The van der Waals surface area contributed by atoms with Crippen LogP contribution in [0.2, 0.25) is 0 Å². The van der Waals surface area contributed by atoms with Crippen LogP contribution in [-0.2, 0) is 6.54 Å². The van der Waals surface area contributed by atoms with Gasteiger partial charge in [-0.25, -0.2) is 0 Å². The van der Waals surface area contributed by atoms with E-state index in [9.17, 15) is 0 Å². The summed E-state index contributed by atoms with van der Waals surface area (Å²) >= 11 is 0. The highest BCUT2D eigenvalue weighted by molar-refractivity contribution is 5.32. The van der Waals surface area contributed by atoms with E-state index in [0.29, 0.717) is 6.04 Å². The van der Waals surface area contributed by atoms with Gasteiger partial charge in [0.05, 0.1) is 7.11 Å². The topological polar surface area (TPSA) is 24.5 Å². The summed E-state index contributed by atoms with van der Waals surface area (Å²) in [5.41, 5.74) is 1.24. The number of methoxy groups -OCH3 is 1. The largest absolute Gasteiger partial charge is 0.496 e. The van der Waals surface area contributed by atoms with Crippen LogP contribution in [0.1, 0.15) is 19.4 Å². The Morgan fingerprint density at radius 1 is 1.35 bits per heavy atom. The van der Waals surface area contributed by atoms with Gasteiger partial charge in [-0.15, -0.1) is 0 Å². The van der Waals surface area contributed by atoms with E-state index < -0.39 is 0 Å². The van der Waals surface area contributed by atoms with Crippen molar-refractivity contribution in [2.75, 3.05) is 27.2 Å². The standard InChI is InChI=1S/C14H24N2O/c1-5-15-12(2)10-16(3)11-13-8-6-7-9-14(13)17-4/h6-9,12,15H,5,10-11H2,1-4H3. The number of likely N-dealkylation sites (N-methyl/N-ethyl adjacent to an activating group) is 2. The molecule has 96 valence electrons. The molecule has 0 aliphatic carbocycles.